The molecule has 4 heteroatoms. The van der Waals surface area contributed by atoms with Gasteiger partial charge in [-0.15, -0.1) is 0 Å². The van der Waals surface area contributed by atoms with Gasteiger partial charge in [-0.2, -0.15) is 0 Å². The average molecular weight is 236 g/mol. The zero-order valence-electron chi connectivity index (χ0n) is 9.92. The molecule has 92 valence electrons. The molecule has 1 aromatic rings. The van der Waals surface area contributed by atoms with Gasteiger partial charge in [0.2, 0.25) is 5.91 Å². The average Bonchev–Trinajstić information content (AvgIpc) is 2.33. The van der Waals surface area contributed by atoms with Crippen molar-refractivity contribution in [1.29, 1.82) is 0 Å². The topological polar surface area (TPSA) is 41.1 Å². The zero-order chi connectivity index (χ0) is 12.3. The molecular weight excluding hydrogens is 219 g/mol. The minimum atomic E-state index is -0.395. The van der Waals surface area contributed by atoms with E-state index in [1.165, 1.54) is 6.07 Å². The lowest BCUT2D eigenvalue weighted by Gasteiger charge is -2.32. The molecule has 0 spiro atoms. The summed E-state index contributed by atoms with van der Waals surface area (Å²) in [5.74, 6) is -0.484. The molecule has 2 N–H and O–H groups in total. The molecule has 0 aliphatic carbocycles. The minimum absolute atomic E-state index is 0.0934. The van der Waals surface area contributed by atoms with Crippen LogP contribution in [-0.4, -0.2) is 19.0 Å². The van der Waals surface area contributed by atoms with Crippen LogP contribution in [0.25, 0.3) is 0 Å². The highest BCUT2D eigenvalue weighted by atomic mass is 19.1. The predicted octanol–water partition coefficient (Wildman–Crippen LogP) is 2.15. The first kappa shape index (κ1) is 12.0. The van der Waals surface area contributed by atoms with Crippen molar-refractivity contribution < 1.29 is 9.18 Å². The normalized spacial score (nSPS) is 18.7. The van der Waals surface area contributed by atoms with Gasteiger partial charge in [0.05, 0.1) is 5.69 Å². The van der Waals surface area contributed by atoms with E-state index in [1.807, 2.05) is 6.92 Å². The van der Waals surface area contributed by atoms with E-state index in [0.29, 0.717) is 0 Å². The van der Waals surface area contributed by atoms with Gasteiger partial charge in [-0.25, -0.2) is 4.39 Å². The molecule has 1 aliphatic rings. The van der Waals surface area contributed by atoms with E-state index in [1.54, 1.807) is 18.2 Å². The standard InChI is InChI=1S/C13H17FN2O/c1-13(6-8-15-9-7-13)12(17)16-11-5-3-2-4-10(11)14/h2-5,15H,6-9H2,1H3,(H,16,17). The van der Waals surface area contributed by atoms with Gasteiger partial charge in [0.15, 0.2) is 0 Å². The number of benzene rings is 1. The summed E-state index contributed by atoms with van der Waals surface area (Å²) in [6, 6.07) is 6.25. The molecule has 0 unspecified atom stereocenters. The molecule has 0 aromatic heterocycles. The minimum Gasteiger partial charge on any atom is -0.323 e. The summed E-state index contributed by atoms with van der Waals surface area (Å²) >= 11 is 0. The number of halogens is 1. The Labute approximate surface area is 100 Å². The first-order valence-electron chi connectivity index (χ1n) is 5.88. The number of carbonyl (C=O) groups excluding carboxylic acids is 1. The third-order valence-corrected chi connectivity index (χ3v) is 3.38. The molecule has 0 atom stereocenters. The molecular formula is C13H17FN2O. The highest BCUT2D eigenvalue weighted by Gasteiger charge is 2.34. The van der Waals surface area contributed by atoms with Crippen LogP contribution >= 0.6 is 0 Å². The second-order valence-electron chi connectivity index (χ2n) is 4.74. The van der Waals surface area contributed by atoms with Crippen LogP contribution in [0.3, 0.4) is 0 Å². The lowest BCUT2D eigenvalue weighted by Crippen LogP contribution is -2.42. The van der Waals surface area contributed by atoms with E-state index in [9.17, 15) is 9.18 Å². The SMILES string of the molecule is CC1(C(=O)Nc2ccccc2F)CCNCC1. The number of piperidine rings is 1. The number of hydrogen-bond donors (Lipinski definition) is 2. The third-order valence-electron chi connectivity index (χ3n) is 3.38. The van der Waals surface area contributed by atoms with Crippen molar-refractivity contribution in [2.45, 2.75) is 19.8 Å². The Balaban J connectivity index is 2.08. The summed E-state index contributed by atoms with van der Waals surface area (Å²) in [4.78, 5) is 12.1. The first-order valence-corrected chi connectivity index (χ1v) is 5.88. The van der Waals surface area contributed by atoms with E-state index in [4.69, 9.17) is 0 Å². The molecule has 1 aliphatic heterocycles. The summed E-state index contributed by atoms with van der Waals surface area (Å²) in [6.45, 7) is 3.60. The number of para-hydroxylation sites is 1. The summed E-state index contributed by atoms with van der Waals surface area (Å²) in [5, 5.41) is 5.89. The van der Waals surface area contributed by atoms with Gasteiger partial charge in [0.25, 0.3) is 0 Å². The largest absolute Gasteiger partial charge is 0.323 e. The van der Waals surface area contributed by atoms with Crippen LogP contribution in [-0.2, 0) is 4.79 Å². The van der Waals surface area contributed by atoms with E-state index in [0.717, 1.165) is 25.9 Å². The number of rotatable bonds is 2. The maximum atomic E-state index is 13.4. The van der Waals surface area contributed by atoms with Crippen LogP contribution < -0.4 is 10.6 Å². The van der Waals surface area contributed by atoms with Gasteiger partial charge in [-0.05, 0) is 38.1 Å². The van der Waals surface area contributed by atoms with Gasteiger partial charge in [0, 0.05) is 5.41 Å². The quantitative estimate of drug-likeness (QED) is 0.826. The van der Waals surface area contributed by atoms with E-state index in [-0.39, 0.29) is 11.6 Å². The highest BCUT2D eigenvalue weighted by Crippen LogP contribution is 2.29. The number of hydrogen-bond acceptors (Lipinski definition) is 2. The van der Waals surface area contributed by atoms with Crippen LogP contribution in [0.15, 0.2) is 24.3 Å². The molecule has 0 radical (unpaired) electrons. The Kier molecular flexibility index (Phi) is 3.43. The second-order valence-corrected chi connectivity index (χ2v) is 4.74. The monoisotopic (exact) mass is 236 g/mol. The molecule has 0 bridgehead atoms. The van der Waals surface area contributed by atoms with Crippen LogP contribution in [0.4, 0.5) is 10.1 Å². The third kappa shape index (κ3) is 2.64. The van der Waals surface area contributed by atoms with Gasteiger partial charge < -0.3 is 10.6 Å². The number of nitrogens with one attached hydrogen (secondary N) is 2. The molecule has 1 fully saturated rings. The molecule has 17 heavy (non-hydrogen) atoms. The lowest BCUT2D eigenvalue weighted by atomic mass is 9.80. The number of anilines is 1. The fraction of sp³-hybridized carbons (Fsp3) is 0.462. The molecule has 1 heterocycles. The van der Waals surface area contributed by atoms with Crippen LogP contribution in [0.1, 0.15) is 19.8 Å². The molecule has 2 rings (SSSR count). The summed E-state index contributed by atoms with van der Waals surface area (Å²) < 4.78 is 13.4. The first-order chi connectivity index (χ1) is 8.12. The number of carbonyl (C=O) groups is 1. The van der Waals surface area contributed by atoms with E-state index < -0.39 is 11.2 Å². The maximum Gasteiger partial charge on any atom is 0.230 e. The predicted molar refractivity (Wildman–Crippen MR) is 65.2 cm³/mol. The van der Waals surface area contributed by atoms with Crippen molar-refractivity contribution in [1.82, 2.24) is 5.32 Å². The molecule has 1 aromatic carbocycles. The van der Waals surface area contributed by atoms with Crippen LogP contribution in [0.2, 0.25) is 0 Å². The lowest BCUT2D eigenvalue weighted by molar-refractivity contribution is -0.126. The van der Waals surface area contributed by atoms with Crippen molar-refractivity contribution in [3.63, 3.8) is 0 Å². The number of amides is 1. The van der Waals surface area contributed by atoms with Gasteiger partial charge in [-0.3, -0.25) is 4.79 Å². The Bertz CT molecular complexity index is 414. The van der Waals surface area contributed by atoms with Crippen LogP contribution in [0, 0.1) is 11.2 Å². The smallest absolute Gasteiger partial charge is 0.230 e. The Morgan fingerprint density at radius 2 is 2.00 bits per heavy atom. The van der Waals surface area contributed by atoms with Crippen LogP contribution in [0.5, 0.6) is 0 Å². The van der Waals surface area contributed by atoms with Gasteiger partial charge in [-0.1, -0.05) is 19.1 Å². The molecule has 1 saturated heterocycles. The van der Waals surface area contributed by atoms with Crippen molar-refractivity contribution in [2.24, 2.45) is 5.41 Å². The van der Waals surface area contributed by atoms with E-state index >= 15 is 0 Å². The molecule has 0 saturated carbocycles. The summed E-state index contributed by atoms with van der Waals surface area (Å²) in [6.07, 6.45) is 1.57. The van der Waals surface area contributed by atoms with E-state index in [2.05, 4.69) is 10.6 Å². The van der Waals surface area contributed by atoms with Crippen molar-refractivity contribution in [3.05, 3.63) is 30.1 Å². The second kappa shape index (κ2) is 4.84. The van der Waals surface area contributed by atoms with Gasteiger partial charge in [0.1, 0.15) is 5.82 Å². The van der Waals surface area contributed by atoms with Crippen molar-refractivity contribution in [3.8, 4) is 0 Å². The Hall–Kier alpha value is -1.42. The summed E-state index contributed by atoms with van der Waals surface area (Å²) in [7, 11) is 0. The fourth-order valence-electron chi connectivity index (χ4n) is 2.04. The zero-order valence-corrected chi connectivity index (χ0v) is 9.92. The molecule has 1 amide bonds. The van der Waals surface area contributed by atoms with Crippen molar-refractivity contribution >= 4 is 11.6 Å². The van der Waals surface area contributed by atoms with Crippen molar-refractivity contribution in [2.75, 3.05) is 18.4 Å². The summed E-state index contributed by atoms with van der Waals surface area (Å²) in [5.41, 5.74) is -0.134. The Morgan fingerprint density at radius 3 is 2.65 bits per heavy atom. The Morgan fingerprint density at radius 1 is 1.35 bits per heavy atom. The van der Waals surface area contributed by atoms with Gasteiger partial charge >= 0.3 is 0 Å². The molecule has 3 nitrogen and oxygen atoms in total. The fourth-order valence-corrected chi connectivity index (χ4v) is 2.04. The maximum absolute atomic E-state index is 13.4. The highest BCUT2D eigenvalue weighted by molar-refractivity contribution is 5.95.